The van der Waals surface area contributed by atoms with Crippen LogP contribution in [0.4, 0.5) is 4.79 Å². The summed E-state index contributed by atoms with van der Waals surface area (Å²) in [5, 5.41) is 3.83. The highest BCUT2D eigenvalue weighted by atomic mass is 79.9. The number of amides is 3. The largest absolute Gasteiger partial charge is 0.455 e. The third-order valence-corrected chi connectivity index (χ3v) is 4.29. The zero-order chi connectivity index (χ0) is 16.5. The Bertz CT molecular complexity index is 536. The fraction of sp³-hybridized carbons (Fsp3) is 0.357. The van der Waals surface area contributed by atoms with Crippen molar-refractivity contribution in [2.45, 2.75) is 17.9 Å². The van der Waals surface area contributed by atoms with Crippen molar-refractivity contribution < 1.29 is 19.1 Å². The quantitative estimate of drug-likeness (QED) is 0.728. The van der Waals surface area contributed by atoms with Crippen molar-refractivity contribution >= 4 is 45.6 Å². The minimum atomic E-state index is -0.669. The minimum absolute atomic E-state index is 0.406. The van der Waals surface area contributed by atoms with Gasteiger partial charge in [-0.1, -0.05) is 28.1 Å². The molecule has 0 heterocycles. The van der Waals surface area contributed by atoms with E-state index in [1.54, 1.807) is 6.92 Å². The van der Waals surface area contributed by atoms with Gasteiger partial charge < -0.3 is 10.1 Å². The molecule has 0 saturated carbocycles. The Kier molecular flexibility index (Phi) is 7.97. The van der Waals surface area contributed by atoms with Crippen molar-refractivity contribution in [1.29, 1.82) is 0 Å². The first-order valence-electron chi connectivity index (χ1n) is 6.46. The highest BCUT2D eigenvalue weighted by Crippen LogP contribution is 2.20. The topological polar surface area (TPSA) is 84.5 Å². The summed E-state index contributed by atoms with van der Waals surface area (Å²) in [5.74, 6) is -0.500. The number of thioether (sulfide) groups is 1. The number of ether oxygens (including phenoxy) is 1. The van der Waals surface area contributed by atoms with E-state index in [4.69, 9.17) is 4.74 Å². The van der Waals surface area contributed by atoms with Crippen LogP contribution in [0.2, 0.25) is 0 Å². The maximum absolute atomic E-state index is 11.7. The normalized spacial score (nSPS) is 11.4. The van der Waals surface area contributed by atoms with Crippen LogP contribution < -0.4 is 10.6 Å². The second kappa shape index (κ2) is 9.47. The Balaban J connectivity index is 2.31. The van der Waals surface area contributed by atoms with Gasteiger partial charge in [0.15, 0.2) is 6.61 Å². The van der Waals surface area contributed by atoms with Gasteiger partial charge in [0.2, 0.25) is 0 Å². The summed E-state index contributed by atoms with van der Waals surface area (Å²) in [6.07, 6.45) is 0. The average molecular weight is 389 g/mol. The Morgan fingerprint density at radius 2 is 1.91 bits per heavy atom. The fourth-order valence-corrected chi connectivity index (χ4v) is 2.45. The number of hydrogen-bond donors (Lipinski definition) is 2. The predicted molar refractivity (Wildman–Crippen MR) is 88.5 cm³/mol. The van der Waals surface area contributed by atoms with Crippen molar-refractivity contribution in [2.24, 2.45) is 0 Å². The summed E-state index contributed by atoms with van der Waals surface area (Å²) in [6.45, 7) is 1.23. The summed E-state index contributed by atoms with van der Waals surface area (Å²) < 4.78 is 5.86. The summed E-state index contributed by atoms with van der Waals surface area (Å²) >= 11 is 4.77. The Morgan fingerprint density at radius 1 is 1.27 bits per heavy atom. The van der Waals surface area contributed by atoms with Crippen LogP contribution in [0.15, 0.2) is 28.7 Å². The molecule has 1 atom stereocenters. The van der Waals surface area contributed by atoms with E-state index in [9.17, 15) is 14.4 Å². The molecule has 120 valence electrons. The molecular formula is C14H17BrN2O4S. The molecule has 0 unspecified atom stereocenters. The number of urea groups is 1. The number of benzene rings is 1. The SMILES string of the molecule is CNC(=O)NC(=O)COC(=O)[C@H](C)SCc1ccc(Br)cc1. The van der Waals surface area contributed by atoms with Crippen LogP contribution in [0.1, 0.15) is 12.5 Å². The first-order chi connectivity index (χ1) is 10.4. The molecule has 0 saturated heterocycles. The van der Waals surface area contributed by atoms with Gasteiger partial charge in [-0.2, -0.15) is 0 Å². The summed E-state index contributed by atoms with van der Waals surface area (Å²) in [5.41, 5.74) is 1.09. The third kappa shape index (κ3) is 6.95. The van der Waals surface area contributed by atoms with Crippen LogP contribution in [0, 0.1) is 0 Å². The highest BCUT2D eigenvalue weighted by molar-refractivity contribution is 9.10. The Hall–Kier alpha value is -1.54. The lowest BCUT2D eigenvalue weighted by Gasteiger charge is -2.11. The lowest BCUT2D eigenvalue weighted by molar-refractivity contribution is -0.147. The van der Waals surface area contributed by atoms with Crippen LogP contribution in [0.5, 0.6) is 0 Å². The van der Waals surface area contributed by atoms with Crippen LogP contribution in [0.3, 0.4) is 0 Å². The predicted octanol–water partition coefficient (Wildman–Crippen LogP) is 2.07. The molecule has 1 aromatic rings. The standard InChI is InChI=1S/C14H17BrN2O4S/c1-9(22-8-10-3-5-11(15)6-4-10)13(19)21-7-12(18)17-14(20)16-2/h3-6,9H,7-8H2,1-2H3,(H2,16,17,18,20)/t9-/m0/s1. The fourth-order valence-electron chi connectivity index (χ4n) is 1.35. The summed E-state index contributed by atoms with van der Waals surface area (Å²) in [4.78, 5) is 33.9. The number of rotatable bonds is 6. The van der Waals surface area contributed by atoms with Crippen LogP contribution in [-0.2, 0) is 20.1 Å². The molecule has 0 bridgehead atoms. The molecule has 1 aromatic carbocycles. The molecule has 0 aliphatic heterocycles. The van der Waals surface area contributed by atoms with Gasteiger partial charge >= 0.3 is 12.0 Å². The maximum Gasteiger partial charge on any atom is 0.321 e. The van der Waals surface area contributed by atoms with E-state index in [1.807, 2.05) is 29.6 Å². The lowest BCUT2D eigenvalue weighted by atomic mass is 10.2. The Labute approximate surface area is 141 Å². The van der Waals surface area contributed by atoms with Crippen molar-refractivity contribution in [2.75, 3.05) is 13.7 Å². The molecular weight excluding hydrogens is 372 g/mol. The van der Waals surface area contributed by atoms with Gasteiger partial charge in [-0.15, -0.1) is 11.8 Å². The van der Waals surface area contributed by atoms with Gasteiger partial charge in [0.1, 0.15) is 0 Å². The van der Waals surface area contributed by atoms with E-state index in [1.165, 1.54) is 18.8 Å². The summed E-state index contributed by atoms with van der Waals surface area (Å²) in [6, 6.07) is 7.15. The molecule has 0 spiro atoms. The molecule has 1 rings (SSSR count). The van der Waals surface area contributed by atoms with Crippen molar-refractivity contribution in [3.05, 3.63) is 34.3 Å². The van der Waals surface area contributed by atoms with E-state index in [2.05, 4.69) is 21.2 Å². The first kappa shape index (κ1) is 18.5. The van der Waals surface area contributed by atoms with E-state index in [-0.39, 0.29) is 0 Å². The zero-order valence-corrected chi connectivity index (χ0v) is 14.6. The monoisotopic (exact) mass is 388 g/mol. The van der Waals surface area contributed by atoms with E-state index >= 15 is 0 Å². The number of carbonyl (C=O) groups excluding carboxylic acids is 3. The lowest BCUT2D eigenvalue weighted by Crippen LogP contribution is -2.40. The Morgan fingerprint density at radius 3 is 2.50 bits per heavy atom. The molecule has 0 fully saturated rings. The minimum Gasteiger partial charge on any atom is -0.455 e. The number of imide groups is 1. The van der Waals surface area contributed by atoms with Crippen LogP contribution in [-0.4, -0.2) is 36.8 Å². The van der Waals surface area contributed by atoms with Gasteiger partial charge in [-0.3, -0.25) is 14.9 Å². The van der Waals surface area contributed by atoms with Crippen molar-refractivity contribution in [1.82, 2.24) is 10.6 Å². The van der Waals surface area contributed by atoms with E-state index in [0.29, 0.717) is 5.75 Å². The van der Waals surface area contributed by atoms with Crippen molar-refractivity contribution in [3.63, 3.8) is 0 Å². The third-order valence-electron chi connectivity index (χ3n) is 2.57. The van der Waals surface area contributed by atoms with E-state index < -0.39 is 29.8 Å². The van der Waals surface area contributed by atoms with Crippen LogP contribution in [0.25, 0.3) is 0 Å². The van der Waals surface area contributed by atoms with Gasteiger partial charge in [-0.25, -0.2) is 4.79 Å². The highest BCUT2D eigenvalue weighted by Gasteiger charge is 2.17. The van der Waals surface area contributed by atoms with Gasteiger partial charge in [0, 0.05) is 17.3 Å². The second-order valence-corrected chi connectivity index (χ2v) is 6.56. The zero-order valence-electron chi connectivity index (χ0n) is 12.2. The van der Waals surface area contributed by atoms with E-state index in [0.717, 1.165) is 10.0 Å². The molecule has 0 aromatic heterocycles. The molecule has 8 heteroatoms. The first-order valence-corrected chi connectivity index (χ1v) is 8.30. The molecule has 0 aliphatic rings. The molecule has 6 nitrogen and oxygen atoms in total. The van der Waals surface area contributed by atoms with Gasteiger partial charge in [-0.05, 0) is 24.6 Å². The molecule has 3 amide bonds. The van der Waals surface area contributed by atoms with Crippen LogP contribution >= 0.6 is 27.7 Å². The number of esters is 1. The maximum atomic E-state index is 11.7. The van der Waals surface area contributed by atoms with Gasteiger partial charge in [0.25, 0.3) is 5.91 Å². The molecule has 0 radical (unpaired) electrons. The smallest absolute Gasteiger partial charge is 0.321 e. The number of halogens is 1. The average Bonchev–Trinajstić information content (AvgIpc) is 2.51. The number of hydrogen-bond acceptors (Lipinski definition) is 5. The molecule has 2 N–H and O–H groups in total. The number of carbonyl (C=O) groups is 3. The van der Waals surface area contributed by atoms with Crippen molar-refractivity contribution in [3.8, 4) is 0 Å². The molecule has 22 heavy (non-hydrogen) atoms. The summed E-state index contributed by atoms with van der Waals surface area (Å²) in [7, 11) is 1.38. The second-order valence-electron chi connectivity index (χ2n) is 4.31. The number of nitrogens with one attached hydrogen (secondary N) is 2. The van der Waals surface area contributed by atoms with Gasteiger partial charge in [0.05, 0.1) is 5.25 Å². The molecule has 0 aliphatic carbocycles.